The van der Waals surface area contributed by atoms with E-state index in [4.69, 9.17) is 5.73 Å². The van der Waals surface area contributed by atoms with E-state index >= 15 is 0 Å². The van der Waals surface area contributed by atoms with Gasteiger partial charge in [-0.15, -0.1) is 0 Å². The molecule has 0 aromatic carbocycles. The first-order valence-corrected chi connectivity index (χ1v) is 5.39. The molecule has 0 saturated carbocycles. The lowest BCUT2D eigenvalue weighted by Crippen LogP contribution is -2.49. The third-order valence-electron chi connectivity index (χ3n) is 2.02. The third-order valence-corrected chi connectivity index (χ3v) is 2.02. The van der Waals surface area contributed by atoms with Crippen molar-refractivity contribution in [3.63, 3.8) is 0 Å². The van der Waals surface area contributed by atoms with Crippen LogP contribution in [0.25, 0.3) is 0 Å². The number of hydrogen-bond donors (Lipinski definition) is 4. The van der Waals surface area contributed by atoms with E-state index in [-0.39, 0.29) is 30.8 Å². The highest BCUT2D eigenvalue weighted by Crippen LogP contribution is 1.91. The zero-order chi connectivity index (χ0) is 13.4. The Labute approximate surface area is 100 Å². The van der Waals surface area contributed by atoms with Crippen molar-refractivity contribution >= 4 is 17.7 Å². The van der Waals surface area contributed by atoms with Crippen LogP contribution in [0.2, 0.25) is 0 Å². The maximum atomic E-state index is 11.4. The van der Waals surface area contributed by atoms with Gasteiger partial charge in [0.2, 0.25) is 17.7 Å². The smallest absolute Gasteiger partial charge is 0.240 e. The van der Waals surface area contributed by atoms with Crippen molar-refractivity contribution in [2.75, 3.05) is 13.6 Å². The Morgan fingerprint density at radius 2 is 1.76 bits per heavy atom. The van der Waals surface area contributed by atoms with Crippen molar-refractivity contribution in [1.29, 1.82) is 0 Å². The monoisotopic (exact) mass is 244 g/mol. The summed E-state index contributed by atoms with van der Waals surface area (Å²) >= 11 is 0. The first-order valence-electron chi connectivity index (χ1n) is 5.39. The average molecular weight is 244 g/mol. The van der Waals surface area contributed by atoms with Gasteiger partial charge in [0, 0.05) is 13.1 Å². The number of rotatable bonds is 7. The molecule has 0 aliphatic heterocycles. The van der Waals surface area contributed by atoms with Gasteiger partial charge in [0.1, 0.15) is 6.04 Å². The van der Waals surface area contributed by atoms with Gasteiger partial charge in [-0.25, -0.2) is 0 Å². The van der Waals surface area contributed by atoms with Crippen LogP contribution in [0, 0.1) is 0 Å². The molecule has 0 aliphatic rings. The summed E-state index contributed by atoms with van der Waals surface area (Å²) in [4.78, 5) is 33.5. The maximum absolute atomic E-state index is 11.4. The molecule has 1 atom stereocenters. The second-order valence-electron chi connectivity index (χ2n) is 3.94. The second kappa shape index (κ2) is 7.61. The van der Waals surface area contributed by atoms with Gasteiger partial charge < -0.3 is 21.7 Å². The highest BCUT2D eigenvalue weighted by molar-refractivity contribution is 5.91. The third kappa shape index (κ3) is 7.29. The van der Waals surface area contributed by atoms with E-state index in [0.29, 0.717) is 0 Å². The number of carbonyl (C=O) groups is 3. The first kappa shape index (κ1) is 15.4. The number of nitrogens with two attached hydrogens (primary N) is 1. The molecule has 7 heteroatoms. The fraction of sp³-hybridized carbons (Fsp3) is 0.700. The normalized spacial score (nSPS) is 12.0. The van der Waals surface area contributed by atoms with E-state index in [9.17, 15) is 14.4 Å². The second-order valence-corrected chi connectivity index (χ2v) is 3.94. The molecule has 0 aromatic rings. The zero-order valence-corrected chi connectivity index (χ0v) is 10.4. The summed E-state index contributed by atoms with van der Waals surface area (Å²) in [6.45, 7) is 3.86. The molecular formula is C10H20N4O3. The fourth-order valence-electron chi connectivity index (χ4n) is 1.05. The summed E-state index contributed by atoms with van der Waals surface area (Å²) in [5.74, 6) is -1.45. The number of amides is 3. The molecular weight excluding hydrogens is 224 g/mol. The van der Waals surface area contributed by atoms with Crippen LogP contribution in [0.15, 0.2) is 0 Å². The summed E-state index contributed by atoms with van der Waals surface area (Å²) in [6.07, 6.45) is -0.154. The van der Waals surface area contributed by atoms with Gasteiger partial charge >= 0.3 is 0 Å². The number of carbonyl (C=O) groups excluding carboxylic acids is 3. The Bertz CT molecular complexity index is 291. The molecule has 7 nitrogen and oxygen atoms in total. The number of nitrogens with one attached hydrogen (secondary N) is 3. The van der Waals surface area contributed by atoms with Gasteiger partial charge in [-0.2, -0.15) is 0 Å². The van der Waals surface area contributed by atoms with Crippen molar-refractivity contribution in [2.24, 2.45) is 5.73 Å². The van der Waals surface area contributed by atoms with E-state index < -0.39 is 11.9 Å². The molecule has 0 aliphatic carbocycles. The molecule has 1 unspecified atom stereocenters. The lowest BCUT2D eigenvalue weighted by molar-refractivity contribution is -0.129. The van der Waals surface area contributed by atoms with Crippen LogP contribution in [0.5, 0.6) is 0 Å². The van der Waals surface area contributed by atoms with Crippen LogP contribution in [0.1, 0.15) is 20.3 Å². The highest BCUT2D eigenvalue weighted by Gasteiger charge is 2.20. The minimum Gasteiger partial charge on any atom is -0.368 e. The highest BCUT2D eigenvalue weighted by atomic mass is 16.2. The summed E-state index contributed by atoms with van der Waals surface area (Å²) < 4.78 is 0. The van der Waals surface area contributed by atoms with Crippen LogP contribution in [0.3, 0.4) is 0 Å². The summed E-state index contributed by atoms with van der Waals surface area (Å²) in [7, 11) is 1.45. The van der Waals surface area contributed by atoms with Crippen molar-refractivity contribution in [3.8, 4) is 0 Å². The van der Waals surface area contributed by atoms with Crippen LogP contribution in [-0.2, 0) is 14.4 Å². The van der Waals surface area contributed by atoms with Crippen molar-refractivity contribution in [2.45, 2.75) is 32.4 Å². The van der Waals surface area contributed by atoms with Crippen LogP contribution in [-0.4, -0.2) is 43.4 Å². The van der Waals surface area contributed by atoms with Gasteiger partial charge in [0.15, 0.2) is 0 Å². The van der Waals surface area contributed by atoms with Gasteiger partial charge in [-0.1, -0.05) is 13.8 Å². The van der Waals surface area contributed by atoms with Gasteiger partial charge in [0.25, 0.3) is 0 Å². The van der Waals surface area contributed by atoms with Crippen molar-refractivity contribution < 1.29 is 14.4 Å². The van der Waals surface area contributed by atoms with Crippen LogP contribution < -0.4 is 21.7 Å². The van der Waals surface area contributed by atoms with E-state index in [1.165, 1.54) is 7.05 Å². The minimum absolute atomic E-state index is 0.0786. The van der Waals surface area contributed by atoms with Gasteiger partial charge in [-0.05, 0) is 0 Å². The largest absolute Gasteiger partial charge is 0.368 e. The molecule has 0 fully saturated rings. The van der Waals surface area contributed by atoms with E-state index in [0.717, 1.165) is 0 Å². The molecule has 0 spiro atoms. The fourth-order valence-corrected chi connectivity index (χ4v) is 1.05. The first-order chi connectivity index (χ1) is 7.86. The average Bonchev–Trinajstić information content (AvgIpc) is 2.25. The molecule has 98 valence electrons. The molecule has 0 bridgehead atoms. The molecule has 0 aromatic heterocycles. The molecule has 3 amide bonds. The zero-order valence-electron chi connectivity index (χ0n) is 10.4. The molecule has 0 rings (SSSR count). The standard InChI is InChI=1S/C10H20N4O3/c1-6(2)13-5-9(16)14-7(10(11)17)4-8(15)12-3/h6-7,13H,4-5H2,1-3H3,(H2,11,17)(H,12,15)(H,14,16). The number of hydrogen-bond acceptors (Lipinski definition) is 4. The Balaban J connectivity index is 4.20. The minimum atomic E-state index is -0.976. The molecule has 5 N–H and O–H groups in total. The molecule has 17 heavy (non-hydrogen) atoms. The summed E-state index contributed by atoms with van der Waals surface area (Å²) in [5, 5.41) is 7.65. The predicted molar refractivity (Wildman–Crippen MR) is 62.9 cm³/mol. The van der Waals surface area contributed by atoms with Crippen LogP contribution in [0.4, 0.5) is 0 Å². The molecule has 0 heterocycles. The number of primary amides is 1. The predicted octanol–water partition coefficient (Wildman–Crippen LogP) is -1.91. The van der Waals surface area contributed by atoms with Crippen LogP contribution >= 0.6 is 0 Å². The topological polar surface area (TPSA) is 113 Å². The Morgan fingerprint density at radius 1 is 1.18 bits per heavy atom. The molecule has 0 saturated heterocycles. The van der Waals surface area contributed by atoms with E-state index in [2.05, 4.69) is 16.0 Å². The Morgan fingerprint density at radius 3 is 2.18 bits per heavy atom. The quantitative estimate of drug-likeness (QED) is 0.418. The van der Waals surface area contributed by atoms with Crippen molar-refractivity contribution in [1.82, 2.24) is 16.0 Å². The maximum Gasteiger partial charge on any atom is 0.240 e. The summed E-state index contributed by atoms with van der Waals surface area (Å²) in [5.41, 5.74) is 5.09. The van der Waals surface area contributed by atoms with Gasteiger partial charge in [-0.3, -0.25) is 14.4 Å². The Hall–Kier alpha value is -1.63. The lowest BCUT2D eigenvalue weighted by Gasteiger charge is -2.15. The summed E-state index contributed by atoms with van der Waals surface area (Å²) in [6, 6.07) is -0.817. The molecule has 0 radical (unpaired) electrons. The van der Waals surface area contributed by atoms with E-state index in [1.54, 1.807) is 0 Å². The van der Waals surface area contributed by atoms with Gasteiger partial charge in [0.05, 0.1) is 13.0 Å². The van der Waals surface area contributed by atoms with Crippen molar-refractivity contribution in [3.05, 3.63) is 0 Å². The Kier molecular flexibility index (Phi) is 6.88. The van der Waals surface area contributed by atoms with E-state index in [1.807, 2.05) is 13.8 Å². The SMILES string of the molecule is CNC(=O)CC(NC(=O)CNC(C)C)C(N)=O. The lowest BCUT2D eigenvalue weighted by atomic mass is 10.2.